The van der Waals surface area contributed by atoms with Crippen molar-refractivity contribution in [2.24, 2.45) is 0 Å². The van der Waals surface area contributed by atoms with E-state index in [0.29, 0.717) is 0 Å². The molecule has 0 N–H and O–H groups in total. The number of hydrogen-bond acceptors (Lipinski definition) is 2. The Hall–Kier alpha value is -0.970. The zero-order chi connectivity index (χ0) is 9.97. The van der Waals surface area contributed by atoms with Crippen LogP contribution in [0.5, 0.6) is 0 Å². The lowest BCUT2D eigenvalue weighted by Gasteiger charge is -2.02. The number of hydrogen-bond donors (Lipinski definition) is 0. The molecule has 0 bridgehead atoms. The summed E-state index contributed by atoms with van der Waals surface area (Å²) in [5.74, 6) is 0. The zero-order valence-electron chi connectivity index (χ0n) is 7.74. The molecule has 2 aromatic rings. The average Bonchev–Trinajstić information content (AvgIpc) is 2.23. The maximum Gasteiger partial charge on any atom is 0.0707 e. The second-order valence-electron chi connectivity index (χ2n) is 3.00. The summed E-state index contributed by atoms with van der Waals surface area (Å²) in [6, 6.07) is 8.05. The third-order valence-electron chi connectivity index (χ3n) is 2.00. The van der Waals surface area contributed by atoms with Crippen LogP contribution in [0.4, 0.5) is 0 Å². The second kappa shape index (κ2) is 4.04. The SMILES string of the molecule is Cc1nc(-c2ccncc2)ccc1I. The van der Waals surface area contributed by atoms with Gasteiger partial charge in [0, 0.05) is 21.5 Å². The third kappa shape index (κ3) is 1.92. The fourth-order valence-electron chi connectivity index (χ4n) is 1.23. The van der Waals surface area contributed by atoms with E-state index >= 15 is 0 Å². The summed E-state index contributed by atoms with van der Waals surface area (Å²) in [6.45, 7) is 2.02. The van der Waals surface area contributed by atoms with Gasteiger partial charge in [0.15, 0.2) is 0 Å². The first-order chi connectivity index (χ1) is 6.77. The van der Waals surface area contributed by atoms with Crippen molar-refractivity contribution >= 4 is 22.6 Å². The van der Waals surface area contributed by atoms with E-state index in [1.807, 2.05) is 25.1 Å². The lowest BCUT2D eigenvalue weighted by atomic mass is 10.2. The molecule has 0 saturated heterocycles. The molecular weight excluding hydrogens is 287 g/mol. The van der Waals surface area contributed by atoms with Crippen LogP contribution >= 0.6 is 22.6 Å². The van der Waals surface area contributed by atoms with Crippen molar-refractivity contribution in [1.82, 2.24) is 9.97 Å². The molecule has 0 fully saturated rings. The Bertz CT molecular complexity index is 440. The fraction of sp³-hybridized carbons (Fsp3) is 0.0909. The summed E-state index contributed by atoms with van der Waals surface area (Å²) in [6.07, 6.45) is 3.56. The lowest BCUT2D eigenvalue weighted by molar-refractivity contribution is 1.18. The van der Waals surface area contributed by atoms with Crippen molar-refractivity contribution < 1.29 is 0 Å². The summed E-state index contributed by atoms with van der Waals surface area (Å²) < 4.78 is 1.19. The van der Waals surface area contributed by atoms with Gasteiger partial charge in [-0.15, -0.1) is 0 Å². The molecule has 2 nitrogen and oxygen atoms in total. The normalized spacial score (nSPS) is 10.1. The number of aromatic nitrogens is 2. The molecule has 0 radical (unpaired) electrons. The minimum Gasteiger partial charge on any atom is -0.265 e. The van der Waals surface area contributed by atoms with Crippen LogP contribution in [0.1, 0.15) is 5.69 Å². The van der Waals surface area contributed by atoms with Gasteiger partial charge in [-0.25, -0.2) is 0 Å². The first-order valence-corrected chi connectivity index (χ1v) is 5.39. The minimum absolute atomic E-state index is 1.00. The van der Waals surface area contributed by atoms with Gasteiger partial charge >= 0.3 is 0 Å². The fourth-order valence-corrected chi connectivity index (χ4v) is 1.53. The van der Waals surface area contributed by atoms with E-state index in [1.165, 1.54) is 3.57 Å². The summed E-state index contributed by atoms with van der Waals surface area (Å²) in [4.78, 5) is 8.49. The summed E-state index contributed by atoms with van der Waals surface area (Å²) in [7, 11) is 0. The molecule has 0 aliphatic carbocycles. The summed E-state index contributed by atoms with van der Waals surface area (Å²) in [5.41, 5.74) is 3.18. The van der Waals surface area contributed by atoms with Gasteiger partial charge in [0.25, 0.3) is 0 Å². The van der Waals surface area contributed by atoms with Crippen LogP contribution < -0.4 is 0 Å². The van der Waals surface area contributed by atoms with Gasteiger partial charge in [0.05, 0.1) is 11.4 Å². The largest absolute Gasteiger partial charge is 0.265 e. The van der Waals surface area contributed by atoms with Gasteiger partial charge in [-0.1, -0.05) is 0 Å². The molecule has 0 spiro atoms. The Kier molecular flexibility index (Phi) is 2.77. The molecular formula is C11H9IN2. The highest BCUT2D eigenvalue weighted by molar-refractivity contribution is 14.1. The molecule has 0 unspecified atom stereocenters. The molecule has 14 heavy (non-hydrogen) atoms. The van der Waals surface area contributed by atoms with Crippen LogP contribution in [0.3, 0.4) is 0 Å². The predicted molar refractivity (Wildman–Crippen MR) is 64.9 cm³/mol. The number of pyridine rings is 2. The third-order valence-corrected chi connectivity index (χ3v) is 3.14. The van der Waals surface area contributed by atoms with Gasteiger partial charge in [-0.2, -0.15) is 0 Å². The van der Waals surface area contributed by atoms with E-state index in [-0.39, 0.29) is 0 Å². The molecule has 0 atom stereocenters. The number of nitrogens with zero attached hydrogens (tertiary/aromatic N) is 2. The molecule has 2 aromatic heterocycles. The Morgan fingerprint density at radius 2 is 1.79 bits per heavy atom. The van der Waals surface area contributed by atoms with Crippen LogP contribution in [-0.2, 0) is 0 Å². The van der Waals surface area contributed by atoms with Crippen molar-refractivity contribution in [3.8, 4) is 11.3 Å². The van der Waals surface area contributed by atoms with E-state index in [2.05, 4.69) is 38.6 Å². The highest BCUT2D eigenvalue weighted by atomic mass is 127. The topological polar surface area (TPSA) is 25.8 Å². The Morgan fingerprint density at radius 1 is 1.07 bits per heavy atom. The number of aryl methyl sites for hydroxylation is 1. The molecule has 0 saturated carbocycles. The number of rotatable bonds is 1. The van der Waals surface area contributed by atoms with E-state index in [4.69, 9.17) is 0 Å². The van der Waals surface area contributed by atoms with Crippen molar-refractivity contribution in [1.29, 1.82) is 0 Å². The average molecular weight is 296 g/mol. The van der Waals surface area contributed by atoms with Gasteiger partial charge in [-0.3, -0.25) is 9.97 Å². The maximum atomic E-state index is 4.51. The molecule has 2 heterocycles. The molecule has 2 rings (SSSR count). The second-order valence-corrected chi connectivity index (χ2v) is 4.16. The smallest absolute Gasteiger partial charge is 0.0707 e. The molecule has 0 aromatic carbocycles. The first kappa shape index (κ1) is 9.58. The highest BCUT2D eigenvalue weighted by Gasteiger charge is 2.00. The standard InChI is InChI=1S/C11H9IN2/c1-8-10(12)2-3-11(14-8)9-4-6-13-7-5-9/h2-7H,1H3. The molecule has 3 heteroatoms. The van der Waals surface area contributed by atoms with Gasteiger partial charge in [0.1, 0.15) is 0 Å². The summed E-state index contributed by atoms with van der Waals surface area (Å²) >= 11 is 2.29. The van der Waals surface area contributed by atoms with Crippen LogP contribution in [-0.4, -0.2) is 9.97 Å². The van der Waals surface area contributed by atoms with Crippen LogP contribution in [0.25, 0.3) is 11.3 Å². The zero-order valence-corrected chi connectivity index (χ0v) is 9.89. The monoisotopic (exact) mass is 296 g/mol. The van der Waals surface area contributed by atoms with Gasteiger partial charge < -0.3 is 0 Å². The van der Waals surface area contributed by atoms with E-state index in [0.717, 1.165) is 17.0 Å². The van der Waals surface area contributed by atoms with Crippen LogP contribution in [0.2, 0.25) is 0 Å². The van der Waals surface area contributed by atoms with Crippen molar-refractivity contribution in [2.75, 3.05) is 0 Å². The lowest BCUT2D eigenvalue weighted by Crippen LogP contribution is -1.89. The highest BCUT2D eigenvalue weighted by Crippen LogP contribution is 2.18. The van der Waals surface area contributed by atoms with E-state index in [9.17, 15) is 0 Å². The first-order valence-electron chi connectivity index (χ1n) is 4.31. The predicted octanol–water partition coefficient (Wildman–Crippen LogP) is 3.06. The minimum atomic E-state index is 1.00. The van der Waals surface area contributed by atoms with Gasteiger partial charge in [-0.05, 0) is 53.8 Å². The van der Waals surface area contributed by atoms with Crippen molar-refractivity contribution in [2.45, 2.75) is 6.92 Å². The van der Waals surface area contributed by atoms with E-state index < -0.39 is 0 Å². The molecule has 0 aliphatic heterocycles. The van der Waals surface area contributed by atoms with Gasteiger partial charge in [0.2, 0.25) is 0 Å². The van der Waals surface area contributed by atoms with Crippen molar-refractivity contribution in [3.05, 3.63) is 45.9 Å². The Morgan fingerprint density at radius 3 is 2.43 bits per heavy atom. The molecule has 70 valence electrons. The van der Waals surface area contributed by atoms with E-state index in [1.54, 1.807) is 12.4 Å². The Balaban J connectivity index is 2.48. The maximum absolute atomic E-state index is 4.51. The Labute approximate surface area is 96.6 Å². The van der Waals surface area contributed by atoms with Crippen LogP contribution in [0.15, 0.2) is 36.7 Å². The number of halogens is 1. The quantitative estimate of drug-likeness (QED) is 0.756. The summed E-state index contributed by atoms with van der Waals surface area (Å²) in [5, 5.41) is 0. The molecule has 0 amide bonds. The van der Waals surface area contributed by atoms with Crippen LogP contribution in [0, 0.1) is 10.5 Å². The van der Waals surface area contributed by atoms with Crippen molar-refractivity contribution in [3.63, 3.8) is 0 Å². The molecule has 0 aliphatic rings.